The van der Waals surface area contributed by atoms with Gasteiger partial charge in [-0.25, -0.2) is 4.98 Å². The number of pyridine rings is 1. The van der Waals surface area contributed by atoms with Crippen LogP contribution in [0, 0.1) is 0 Å². The summed E-state index contributed by atoms with van der Waals surface area (Å²) in [6, 6.07) is 5.42. The highest BCUT2D eigenvalue weighted by Crippen LogP contribution is 2.36. The zero-order valence-electron chi connectivity index (χ0n) is 8.92. The molecule has 0 atom stereocenters. The normalized spacial score (nSPS) is 11.1. The lowest BCUT2D eigenvalue weighted by Crippen LogP contribution is -1.79. The van der Waals surface area contributed by atoms with Gasteiger partial charge >= 0.3 is 0 Å². The number of nitrogens with zero attached hydrogens (tertiary/aromatic N) is 2. The average molecular weight is 299 g/mol. The number of nitrogens with one attached hydrogen (secondary N) is 1. The van der Waals surface area contributed by atoms with E-state index >= 15 is 0 Å². The van der Waals surface area contributed by atoms with E-state index in [1.54, 1.807) is 18.5 Å². The summed E-state index contributed by atoms with van der Waals surface area (Å²) in [5.74, 6) is 0.702. The highest BCUT2D eigenvalue weighted by Gasteiger charge is 2.13. The second-order valence-corrected chi connectivity index (χ2v) is 4.87. The van der Waals surface area contributed by atoms with Gasteiger partial charge in [0.1, 0.15) is 11.3 Å². The maximum absolute atomic E-state index is 6.12. The Morgan fingerprint density at radius 1 is 1.00 bits per heavy atom. The van der Waals surface area contributed by atoms with Crippen LogP contribution < -0.4 is 0 Å². The summed E-state index contributed by atoms with van der Waals surface area (Å²) >= 11 is 18.1. The van der Waals surface area contributed by atoms with E-state index in [4.69, 9.17) is 34.8 Å². The molecule has 18 heavy (non-hydrogen) atoms. The Balaban J connectivity index is 2.27. The predicted octanol–water partition coefficient (Wildman–Crippen LogP) is 4.59. The molecular formula is C12H6Cl3N3. The average Bonchev–Trinajstić information content (AvgIpc) is 2.81. The van der Waals surface area contributed by atoms with Gasteiger partial charge in [-0.1, -0.05) is 34.8 Å². The van der Waals surface area contributed by atoms with E-state index in [-0.39, 0.29) is 0 Å². The van der Waals surface area contributed by atoms with Crippen LogP contribution in [-0.4, -0.2) is 15.0 Å². The molecule has 0 aliphatic carbocycles. The smallest absolute Gasteiger partial charge is 0.138 e. The summed E-state index contributed by atoms with van der Waals surface area (Å²) in [6.07, 6.45) is 3.40. The van der Waals surface area contributed by atoms with E-state index in [1.807, 2.05) is 12.1 Å². The summed E-state index contributed by atoms with van der Waals surface area (Å²) in [7, 11) is 0. The Hall–Kier alpha value is -1.29. The first kappa shape index (κ1) is 11.8. The first-order valence-corrected chi connectivity index (χ1v) is 6.24. The second-order valence-electron chi connectivity index (χ2n) is 3.70. The molecule has 3 nitrogen and oxygen atoms in total. The fourth-order valence-electron chi connectivity index (χ4n) is 1.70. The lowest BCUT2D eigenvalue weighted by molar-refractivity contribution is 1.28. The van der Waals surface area contributed by atoms with Crippen LogP contribution in [0.15, 0.2) is 30.6 Å². The molecular weight excluding hydrogens is 293 g/mol. The summed E-state index contributed by atoms with van der Waals surface area (Å²) in [4.78, 5) is 11.5. The topological polar surface area (TPSA) is 41.6 Å². The van der Waals surface area contributed by atoms with Crippen molar-refractivity contribution >= 4 is 45.8 Å². The Labute approximate surface area is 118 Å². The van der Waals surface area contributed by atoms with E-state index in [9.17, 15) is 0 Å². The van der Waals surface area contributed by atoms with Crippen LogP contribution in [0.3, 0.4) is 0 Å². The zero-order valence-corrected chi connectivity index (χ0v) is 11.2. The quantitative estimate of drug-likeness (QED) is 0.668. The van der Waals surface area contributed by atoms with E-state index in [2.05, 4.69) is 15.0 Å². The molecule has 2 aromatic heterocycles. The molecule has 0 fully saturated rings. The molecule has 1 N–H and O–H groups in total. The largest absolute Gasteiger partial charge is 0.338 e. The molecule has 1 aromatic carbocycles. The van der Waals surface area contributed by atoms with Gasteiger partial charge in [-0.05, 0) is 18.2 Å². The van der Waals surface area contributed by atoms with Crippen molar-refractivity contribution in [2.24, 2.45) is 0 Å². The van der Waals surface area contributed by atoms with Crippen LogP contribution in [-0.2, 0) is 0 Å². The SMILES string of the molecule is Clc1cc2[nH]c(-c3ccncc3)nc2c(Cl)c1Cl. The maximum atomic E-state index is 6.12. The first-order valence-electron chi connectivity index (χ1n) is 5.10. The van der Waals surface area contributed by atoms with Crippen LogP contribution in [0.1, 0.15) is 0 Å². The van der Waals surface area contributed by atoms with Gasteiger partial charge in [-0.3, -0.25) is 4.98 Å². The summed E-state index contributed by atoms with van der Waals surface area (Å²) in [6.45, 7) is 0. The molecule has 3 aromatic rings. The first-order chi connectivity index (χ1) is 8.66. The third-order valence-electron chi connectivity index (χ3n) is 2.57. The van der Waals surface area contributed by atoms with Gasteiger partial charge in [0, 0.05) is 18.0 Å². The van der Waals surface area contributed by atoms with Crippen molar-refractivity contribution in [1.29, 1.82) is 0 Å². The fraction of sp³-hybridized carbons (Fsp3) is 0. The van der Waals surface area contributed by atoms with Crippen LogP contribution in [0.2, 0.25) is 15.1 Å². The third kappa shape index (κ3) is 1.85. The van der Waals surface area contributed by atoms with Crippen LogP contribution >= 0.6 is 34.8 Å². The van der Waals surface area contributed by atoms with Gasteiger partial charge in [-0.15, -0.1) is 0 Å². The number of aromatic amines is 1. The van der Waals surface area contributed by atoms with Gasteiger partial charge in [0.2, 0.25) is 0 Å². The third-order valence-corrected chi connectivity index (χ3v) is 3.82. The van der Waals surface area contributed by atoms with Crippen molar-refractivity contribution in [3.63, 3.8) is 0 Å². The molecule has 0 aliphatic heterocycles. The summed E-state index contributed by atoms with van der Waals surface area (Å²) in [5.41, 5.74) is 2.28. The molecule has 6 heteroatoms. The number of rotatable bonds is 1. The highest BCUT2D eigenvalue weighted by atomic mass is 35.5. The van der Waals surface area contributed by atoms with E-state index < -0.39 is 0 Å². The summed E-state index contributed by atoms with van der Waals surface area (Å²) < 4.78 is 0. The van der Waals surface area contributed by atoms with Crippen LogP contribution in [0.4, 0.5) is 0 Å². The number of halogens is 3. The fourth-order valence-corrected chi connectivity index (χ4v) is 2.35. The number of hydrogen-bond acceptors (Lipinski definition) is 2. The number of benzene rings is 1. The molecule has 0 bridgehead atoms. The molecule has 0 saturated carbocycles. The minimum atomic E-state index is 0.318. The molecule has 0 aliphatic rings. The Kier molecular flexibility index (Phi) is 2.90. The van der Waals surface area contributed by atoms with E-state index in [1.165, 1.54) is 0 Å². The predicted molar refractivity (Wildman–Crippen MR) is 74.4 cm³/mol. The Morgan fingerprint density at radius 2 is 1.72 bits per heavy atom. The van der Waals surface area contributed by atoms with Crippen LogP contribution in [0.25, 0.3) is 22.4 Å². The van der Waals surface area contributed by atoms with Crippen molar-refractivity contribution in [1.82, 2.24) is 15.0 Å². The standard InChI is InChI=1S/C12H6Cl3N3/c13-7-5-8-11(10(15)9(7)14)18-12(17-8)6-1-3-16-4-2-6/h1-5H,(H,17,18). The number of hydrogen-bond donors (Lipinski definition) is 1. The lowest BCUT2D eigenvalue weighted by atomic mass is 10.3. The van der Waals surface area contributed by atoms with Crippen molar-refractivity contribution in [2.45, 2.75) is 0 Å². The van der Waals surface area contributed by atoms with Gasteiger partial charge in [0.15, 0.2) is 0 Å². The van der Waals surface area contributed by atoms with E-state index in [0.29, 0.717) is 26.4 Å². The van der Waals surface area contributed by atoms with Gasteiger partial charge < -0.3 is 4.98 Å². The highest BCUT2D eigenvalue weighted by molar-refractivity contribution is 6.50. The van der Waals surface area contributed by atoms with Crippen molar-refractivity contribution < 1.29 is 0 Å². The Morgan fingerprint density at radius 3 is 2.44 bits per heavy atom. The minimum absolute atomic E-state index is 0.318. The molecule has 0 unspecified atom stereocenters. The molecule has 3 rings (SSSR count). The minimum Gasteiger partial charge on any atom is -0.338 e. The van der Waals surface area contributed by atoms with Gasteiger partial charge in [-0.2, -0.15) is 0 Å². The number of aromatic nitrogens is 3. The molecule has 90 valence electrons. The Bertz CT molecular complexity index is 722. The van der Waals surface area contributed by atoms with Crippen molar-refractivity contribution in [2.75, 3.05) is 0 Å². The van der Waals surface area contributed by atoms with Gasteiger partial charge in [0.25, 0.3) is 0 Å². The second kappa shape index (κ2) is 4.43. The monoisotopic (exact) mass is 297 g/mol. The van der Waals surface area contributed by atoms with Gasteiger partial charge in [0.05, 0.1) is 20.6 Å². The molecule has 0 saturated heterocycles. The van der Waals surface area contributed by atoms with E-state index in [0.717, 1.165) is 11.1 Å². The van der Waals surface area contributed by atoms with Crippen molar-refractivity contribution in [3.8, 4) is 11.4 Å². The molecule has 0 radical (unpaired) electrons. The molecule has 0 amide bonds. The van der Waals surface area contributed by atoms with Crippen molar-refractivity contribution in [3.05, 3.63) is 45.7 Å². The number of imidazole rings is 1. The number of H-pyrrole nitrogens is 1. The zero-order chi connectivity index (χ0) is 12.7. The molecule has 0 spiro atoms. The molecule has 2 heterocycles. The maximum Gasteiger partial charge on any atom is 0.138 e. The summed E-state index contributed by atoms with van der Waals surface area (Å²) in [5, 5.41) is 1.08. The lowest BCUT2D eigenvalue weighted by Gasteiger charge is -1.98. The van der Waals surface area contributed by atoms with Crippen LogP contribution in [0.5, 0.6) is 0 Å². The number of fused-ring (bicyclic) bond motifs is 1.